The molecule has 0 unspecified atom stereocenters. The standard InChI is InChI=1S/C15H12ClFN2O3/c16-11-4-5-14(19(21)22)13(9-11)15(20)18-7-6-10-2-1-3-12(17)8-10/h1-5,8-9H,6-7H2,(H,18,20). The molecule has 0 saturated carbocycles. The number of halogens is 2. The van der Waals surface area contributed by atoms with Gasteiger partial charge in [0, 0.05) is 17.6 Å². The fraction of sp³-hybridized carbons (Fsp3) is 0.133. The van der Waals surface area contributed by atoms with Gasteiger partial charge in [0.15, 0.2) is 0 Å². The van der Waals surface area contributed by atoms with Gasteiger partial charge in [-0.3, -0.25) is 14.9 Å². The Hall–Kier alpha value is -2.47. The summed E-state index contributed by atoms with van der Waals surface area (Å²) in [6.07, 6.45) is 0.415. The van der Waals surface area contributed by atoms with Gasteiger partial charge in [0.25, 0.3) is 11.6 Å². The highest BCUT2D eigenvalue weighted by molar-refractivity contribution is 6.31. The second kappa shape index (κ2) is 7.00. The molecule has 22 heavy (non-hydrogen) atoms. The lowest BCUT2D eigenvalue weighted by Gasteiger charge is -2.06. The van der Waals surface area contributed by atoms with E-state index in [1.165, 1.54) is 30.3 Å². The van der Waals surface area contributed by atoms with Gasteiger partial charge in [0.1, 0.15) is 11.4 Å². The molecule has 1 N–H and O–H groups in total. The first-order valence-electron chi connectivity index (χ1n) is 6.44. The zero-order chi connectivity index (χ0) is 16.1. The number of rotatable bonds is 5. The van der Waals surface area contributed by atoms with E-state index in [-0.39, 0.29) is 28.6 Å². The van der Waals surface area contributed by atoms with Crippen molar-refractivity contribution in [2.45, 2.75) is 6.42 Å². The minimum Gasteiger partial charge on any atom is -0.351 e. The molecule has 0 aliphatic rings. The molecule has 0 saturated heterocycles. The van der Waals surface area contributed by atoms with Crippen LogP contribution in [0.5, 0.6) is 0 Å². The number of nitrogens with one attached hydrogen (secondary N) is 1. The first-order valence-corrected chi connectivity index (χ1v) is 6.82. The summed E-state index contributed by atoms with van der Waals surface area (Å²) in [5.41, 5.74) is 0.310. The van der Waals surface area contributed by atoms with Gasteiger partial charge in [-0.05, 0) is 36.2 Å². The van der Waals surface area contributed by atoms with E-state index in [0.717, 1.165) is 5.56 Å². The van der Waals surface area contributed by atoms with Crippen LogP contribution < -0.4 is 5.32 Å². The maximum Gasteiger partial charge on any atom is 0.282 e. The van der Waals surface area contributed by atoms with Gasteiger partial charge in [0.05, 0.1) is 4.92 Å². The smallest absolute Gasteiger partial charge is 0.282 e. The van der Waals surface area contributed by atoms with E-state index in [1.54, 1.807) is 12.1 Å². The number of carbonyl (C=O) groups excluding carboxylic acids is 1. The average molecular weight is 323 g/mol. The second-order valence-corrected chi connectivity index (χ2v) is 4.99. The monoisotopic (exact) mass is 322 g/mol. The van der Waals surface area contributed by atoms with Crippen molar-refractivity contribution in [1.29, 1.82) is 0 Å². The number of amides is 1. The highest BCUT2D eigenvalue weighted by Crippen LogP contribution is 2.22. The van der Waals surface area contributed by atoms with E-state index in [9.17, 15) is 19.3 Å². The van der Waals surface area contributed by atoms with Crippen LogP contribution in [0.15, 0.2) is 42.5 Å². The molecule has 2 rings (SSSR count). The molecule has 2 aromatic rings. The number of nitro groups is 1. The first-order chi connectivity index (χ1) is 10.5. The van der Waals surface area contributed by atoms with Crippen molar-refractivity contribution in [3.63, 3.8) is 0 Å². The summed E-state index contributed by atoms with van der Waals surface area (Å²) in [5.74, 6) is -0.945. The van der Waals surface area contributed by atoms with Gasteiger partial charge < -0.3 is 5.32 Å². The molecule has 0 spiro atoms. The predicted octanol–water partition coefficient (Wildman–Crippen LogP) is 3.36. The highest BCUT2D eigenvalue weighted by atomic mass is 35.5. The Morgan fingerprint density at radius 1 is 1.27 bits per heavy atom. The molecule has 2 aromatic carbocycles. The summed E-state index contributed by atoms with van der Waals surface area (Å²) in [6.45, 7) is 0.228. The molecule has 0 atom stereocenters. The van der Waals surface area contributed by atoms with Crippen molar-refractivity contribution in [3.8, 4) is 0 Å². The van der Waals surface area contributed by atoms with Crippen LogP contribution in [0.4, 0.5) is 10.1 Å². The van der Waals surface area contributed by atoms with Crippen LogP contribution in [-0.4, -0.2) is 17.4 Å². The van der Waals surface area contributed by atoms with E-state index in [1.807, 2.05) is 0 Å². The number of hydrogen-bond acceptors (Lipinski definition) is 3. The lowest BCUT2D eigenvalue weighted by Crippen LogP contribution is -2.26. The fourth-order valence-electron chi connectivity index (χ4n) is 1.96. The van der Waals surface area contributed by atoms with Crippen molar-refractivity contribution in [1.82, 2.24) is 5.32 Å². The van der Waals surface area contributed by atoms with E-state index >= 15 is 0 Å². The molecule has 7 heteroatoms. The summed E-state index contributed by atoms with van der Waals surface area (Å²) in [6, 6.07) is 9.79. The van der Waals surface area contributed by atoms with Crippen molar-refractivity contribution in [3.05, 3.63) is 74.5 Å². The molecular formula is C15H12ClFN2O3. The molecule has 0 aromatic heterocycles. The summed E-state index contributed by atoms with van der Waals surface area (Å²) < 4.78 is 13.0. The molecule has 1 amide bonds. The quantitative estimate of drug-likeness (QED) is 0.677. The van der Waals surface area contributed by atoms with Gasteiger partial charge in [-0.15, -0.1) is 0 Å². The Morgan fingerprint density at radius 2 is 2.05 bits per heavy atom. The number of benzene rings is 2. The van der Waals surface area contributed by atoms with Crippen LogP contribution in [0, 0.1) is 15.9 Å². The molecule has 0 aliphatic carbocycles. The van der Waals surface area contributed by atoms with Crippen molar-refractivity contribution >= 4 is 23.2 Å². The fourth-order valence-corrected chi connectivity index (χ4v) is 2.13. The Labute approximate surface area is 130 Å². The maximum atomic E-state index is 13.0. The Kier molecular flexibility index (Phi) is 5.06. The lowest BCUT2D eigenvalue weighted by molar-refractivity contribution is -0.385. The molecule has 0 fully saturated rings. The SMILES string of the molecule is O=C(NCCc1cccc(F)c1)c1cc(Cl)ccc1[N+](=O)[O-]. The largest absolute Gasteiger partial charge is 0.351 e. The normalized spacial score (nSPS) is 10.3. The second-order valence-electron chi connectivity index (χ2n) is 4.55. The zero-order valence-corrected chi connectivity index (χ0v) is 12.1. The molecule has 0 heterocycles. The van der Waals surface area contributed by atoms with Crippen molar-refractivity contribution in [2.75, 3.05) is 6.54 Å². The van der Waals surface area contributed by atoms with Crippen LogP contribution >= 0.6 is 11.6 Å². The van der Waals surface area contributed by atoms with Crippen LogP contribution in [0.1, 0.15) is 15.9 Å². The number of hydrogen-bond donors (Lipinski definition) is 1. The summed E-state index contributed by atoms with van der Waals surface area (Å²) in [5, 5.41) is 13.7. The minimum atomic E-state index is -0.641. The molecule has 0 aliphatic heterocycles. The predicted molar refractivity (Wildman–Crippen MR) is 80.5 cm³/mol. The Balaban J connectivity index is 2.03. The summed E-state index contributed by atoms with van der Waals surface area (Å²) >= 11 is 5.77. The summed E-state index contributed by atoms with van der Waals surface area (Å²) in [7, 11) is 0. The highest BCUT2D eigenvalue weighted by Gasteiger charge is 2.20. The van der Waals surface area contributed by atoms with Gasteiger partial charge in [-0.2, -0.15) is 0 Å². The topological polar surface area (TPSA) is 72.2 Å². The van der Waals surface area contributed by atoms with Gasteiger partial charge in [0.2, 0.25) is 0 Å². The van der Waals surface area contributed by atoms with Crippen LogP contribution in [0.2, 0.25) is 5.02 Å². The van der Waals surface area contributed by atoms with E-state index in [0.29, 0.717) is 6.42 Å². The van der Waals surface area contributed by atoms with Gasteiger partial charge in [-0.1, -0.05) is 23.7 Å². The third-order valence-corrected chi connectivity index (χ3v) is 3.22. The van der Waals surface area contributed by atoms with Crippen LogP contribution in [-0.2, 0) is 6.42 Å². The molecule has 114 valence electrons. The van der Waals surface area contributed by atoms with E-state index < -0.39 is 10.8 Å². The van der Waals surface area contributed by atoms with Crippen LogP contribution in [0.3, 0.4) is 0 Å². The van der Waals surface area contributed by atoms with Gasteiger partial charge in [-0.25, -0.2) is 4.39 Å². The number of carbonyl (C=O) groups is 1. The maximum absolute atomic E-state index is 13.0. The Bertz CT molecular complexity index is 722. The lowest BCUT2D eigenvalue weighted by atomic mass is 10.1. The number of nitrogens with zero attached hydrogens (tertiary/aromatic N) is 1. The average Bonchev–Trinajstić information content (AvgIpc) is 2.46. The first kappa shape index (κ1) is 15.9. The van der Waals surface area contributed by atoms with E-state index in [2.05, 4.69) is 5.32 Å². The van der Waals surface area contributed by atoms with Crippen molar-refractivity contribution in [2.24, 2.45) is 0 Å². The van der Waals surface area contributed by atoms with Crippen LogP contribution in [0.25, 0.3) is 0 Å². The molecule has 5 nitrogen and oxygen atoms in total. The Morgan fingerprint density at radius 3 is 2.73 bits per heavy atom. The van der Waals surface area contributed by atoms with Gasteiger partial charge >= 0.3 is 0 Å². The summed E-state index contributed by atoms with van der Waals surface area (Å²) in [4.78, 5) is 22.3. The zero-order valence-electron chi connectivity index (χ0n) is 11.4. The molecule has 0 bridgehead atoms. The third kappa shape index (κ3) is 4.02. The van der Waals surface area contributed by atoms with Crippen molar-refractivity contribution < 1.29 is 14.1 Å². The number of nitro benzene ring substituents is 1. The third-order valence-electron chi connectivity index (χ3n) is 2.99. The minimum absolute atomic E-state index is 0.100. The molecule has 0 radical (unpaired) electrons. The molecular weight excluding hydrogens is 311 g/mol. The van der Waals surface area contributed by atoms with E-state index in [4.69, 9.17) is 11.6 Å².